The van der Waals surface area contributed by atoms with Crippen LogP contribution >= 0.6 is 0 Å². The molecule has 7 heteroatoms. The number of aromatic nitrogens is 2. The molecule has 1 unspecified atom stereocenters. The van der Waals surface area contributed by atoms with E-state index in [0.717, 1.165) is 29.8 Å². The molecule has 0 radical (unpaired) electrons. The molecule has 2 aliphatic rings. The largest absolute Gasteiger partial charge is 0.342 e. The summed E-state index contributed by atoms with van der Waals surface area (Å²) in [4.78, 5) is 14.6. The van der Waals surface area contributed by atoms with Crippen molar-refractivity contribution in [3.8, 4) is 11.3 Å². The second kappa shape index (κ2) is 6.54. The molecule has 4 rings (SSSR count). The number of nitrogens with zero attached hydrogens (tertiary/aromatic N) is 3. The van der Waals surface area contributed by atoms with Gasteiger partial charge in [-0.3, -0.25) is 9.48 Å². The van der Waals surface area contributed by atoms with Gasteiger partial charge in [0.25, 0.3) is 0 Å². The molecule has 2 aromatic rings. The van der Waals surface area contributed by atoms with Gasteiger partial charge in [-0.15, -0.1) is 0 Å². The molecule has 1 aromatic carbocycles. The maximum atomic E-state index is 12.8. The fourth-order valence-corrected chi connectivity index (χ4v) is 5.81. The Balaban J connectivity index is 1.56. The Hall–Kier alpha value is -2.15. The van der Waals surface area contributed by atoms with E-state index in [1.165, 1.54) is 5.56 Å². The summed E-state index contributed by atoms with van der Waals surface area (Å²) in [7, 11) is -1.09. The Morgan fingerprint density at radius 1 is 1.15 bits per heavy atom. The molecule has 0 aliphatic carbocycles. The SMILES string of the molecule is Cn1nc(-c2ccccc2)c2c1CCN(C(=O)C1CCS(=O)(=O)C1)CC2. The van der Waals surface area contributed by atoms with E-state index in [-0.39, 0.29) is 23.3 Å². The van der Waals surface area contributed by atoms with Crippen LogP contribution in [-0.2, 0) is 34.5 Å². The number of amides is 1. The van der Waals surface area contributed by atoms with E-state index in [1.54, 1.807) is 0 Å². The van der Waals surface area contributed by atoms with Gasteiger partial charge >= 0.3 is 0 Å². The highest BCUT2D eigenvalue weighted by molar-refractivity contribution is 7.91. The highest BCUT2D eigenvalue weighted by atomic mass is 32.2. The third kappa shape index (κ3) is 3.16. The number of carbonyl (C=O) groups excluding carboxylic acids is 1. The predicted molar refractivity (Wildman–Crippen MR) is 99.4 cm³/mol. The van der Waals surface area contributed by atoms with Crippen molar-refractivity contribution in [2.75, 3.05) is 24.6 Å². The van der Waals surface area contributed by atoms with Crippen LogP contribution in [0.1, 0.15) is 17.7 Å². The zero-order valence-electron chi connectivity index (χ0n) is 14.9. The number of fused-ring (bicyclic) bond motifs is 1. The Bertz CT molecular complexity index is 934. The number of benzene rings is 1. The van der Waals surface area contributed by atoms with Crippen molar-refractivity contribution in [2.24, 2.45) is 13.0 Å². The van der Waals surface area contributed by atoms with E-state index in [1.807, 2.05) is 34.8 Å². The van der Waals surface area contributed by atoms with Gasteiger partial charge in [-0.05, 0) is 12.8 Å². The van der Waals surface area contributed by atoms with Crippen LogP contribution in [0.25, 0.3) is 11.3 Å². The van der Waals surface area contributed by atoms with Crippen molar-refractivity contribution in [1.82, 2.24) is 14.7 Å². The van der Waals surface area contributed by atoms with Crippen LogP contribution in [-0.4, -0.2) is 53.6 Å². The average molecular weight is 373 g/mol. The second-order valence-corrected chi connectivity index (χ2v) is 9.42. The number of hydrogen-bond donors (Lipinski definition) is 0. The molecule has 1 saturated heterocycles. The lowest BCUT2D eigenvalue weighted by molar-refractivity contribution is -0.134. The lowest BCUT2D eigenvalue weighted by atomic mass is 10.0. The van der Waals surface area contributed by atoms with Crippen molar-refractivity contribution >= 4 is 15.7 Å². The monoisotopic (exact) mass is 373 g/mol. The van der Waals surface area contributed by atoms with Gasteiger partial charge in [-0.25, -0.2) is 8.42 Å². The van der Waals surface area contributed by atoms with Crippen LogP contribution in [0.4, 0.5) is 0 Å². The Kier molecular flexibility index (Phi) is 4.34. The van der Waals surface area contributed by atoms with E-state index in [2.05, 4.69) is 12.1 Å². The van der Waals surface area contributed by atoms with Gasteiger partial charge in [0.15, 0.2) is 9.84 Å². The van der Waals surface area contributed by atoms with Gasteiger partial charge in [0, 0.05) is 43.4 Å². The topological polar surface area (TPSA) is 72.3 Å². The maximum Gasteiger partial charge on any atom is 0.226 e. The number of carbonyl (C=O) groups is 1. The third-order valence-corrected chi connectivity index (χ3v) is 7.23. The molecule has 0 N–H and O–H groups in total. The minimum atomic E-state index is -3.04. The Morgan fingerprint density at radius 2 is 1.88 bits per heavy atom. The van der Waals surface area contributed by atoms with Crippen molar-refractivity contribution < 1.29 is 13.2 Å². The minimum Gasteiger partial charge on any atom is -0.342 e. The molecule has 3 heterocycles. The lowest BCUT2D eigenvalue weighted by Crippen LogP contribution is -2.38. The number of hydrogen-bond acceptors (Lipinski definition) is 4. The van der Waals surface area contributed by atoms with Crippen molar-refractivity contribution in [3.63, 3.8) is 0 Å². The molecule has 1 atom stereocenters. The van der Waals surface area contributed by atoms with Gasteiger partial charge < -0.3 is 4.90 Å². The number of rotatable bonds is 2. The van der Waals surface area contributed by atoms with E-state index in [4.69, 9.17) is 5.10 Å². The van der Waals surface area contributed by atoms with Crippen molar-refractivity contribution in [1.29, 1.82) is 0 Å². The Labute approximate surface area is 153 Å². The van der Waals surface area contributed by atoms with Gasteiger partial charge in [-0.1, -0.05) is 30.3 Å². The summed E-state index contributed by atoms with van der Waals surface area (Å²) in [5.74, 6) is -0.230. The van der Waals surface area contributed by atoms with Crippen LogP contribution in [0.3, 0.4) is 0 Å². The molecule has 1 amide bonds. The normalized spacial score (nSPS) is 22.0. The van der Waals surface area contributed by atoms with Crippen molar-refractivity contribution in [2.45, 2.75) is 19.3 Å². The predicted octanol–water partition coefficient (Wildman–Crippen LogP) is 1.45. The van der Waals surface area contributed by atoms with Crippen molar-refractivity contribution in [3.05, 3.63) is 41.6 Å². The first-order chi connectivity index (χ1) is 12.4. The average Bonchev–Trinajstić information content (AvgIpc) is 3.05. The molecule has 0 spiro atoms. The van der Waals surface area contributed by atoms with Gasteiger partial charge in [0.1, 0.15) is 0 Å². The van der Waals surface area contributed by atoms with Crippen LogP contribution in [0, 0.1) is 5.92 Å². The molecular weight excluding hydrogens is 350 g/mol. The fourth-order valence-electron chi connectivity index (χ4n) is 4.07. The summed E-state index contributed by atoms with van der Waals surface area (Å²) >= 11 is 0. The first-order valence-electron chi connectivity index (χ1n) is 9.04. The van der Waals surface area contributed by atoms with E-state index in [9.17, 15) is 13.2 Å². The fraction of sp³-hybridized carbons (Fsp3) is 0.474. The highest BCUT2D eigenvalue weighted by Crippen LogP contribution is 2.29. The van der Waals surface area contributed by atoms with E-state index >= 15 is 0 Å². The zero-order valence-corrected chi connectivity index (χ0v) is 15.7. The molecule has 26 heavy (non-hydrogen) atoms. The van der Waals surface area contributed by atoms with Crippen LogP contribution in [0.5, 0.6) is 0 Å². The van der Waals surface area contributed by atoms with Gasteiger partial charge in [0.2, 0.25) is 5.91 Å². The molecule has 0 bridgehead atoms. The first kappa shape index (κ1) is 17.3. The van der Waals surface area contributed by atoms with Crippen LogP contribution in [0.15, 0.2) is 30.3 Å². The summed E-state index contributed by atoms with van der Waals surface area (Å²) < 4.78 is 25.3. The molecular formula is C19H23N3O3S. The standard InChI is InChI=1S/C19H23N3O3S/c1-21-17-8-11-22(19(23)15-9-12-26(24,25)13-15)10-7-16(17)18(20-21)14-5-3-2-4-6-14/h2-6,15H,7-13H2,1H3. The smallest absolute Gasteiger partial charge is 0.226 e. The quantitative estimate of drug-likeness (QED) is 0.799. The number of aryl methyl sites for hydroxylation is 1. The Morgan fingerprint density at radius 3 is 2.58 bits per heavy atom. The first-order valence-corrected chi connectivity index (χ1v) is 10.9. The molecule has 2 aliphatic heterocycles. The van der Waals surface area contributed by atoms with Crippen LogP contribution in [0.2, 0.25) is 0 Å². The lowest BCUT2D eigenvalue weighted by Gasteiger charge is -2.23. The van der Waals surface area contributed by atoms with Crippen LogP contribution < -0.4 is 0 Å². The summed E-state index contributed by atoms with van der Waals surface area (Å²) in [6.07, 6.45) is 1.96. The summed E-state index contributed by atoms with van der Waals surface area (Å²) in [6, 6.07) is 10.1. The van der Waals surface area contributed by atoms with Gasteiger partial charge in [0.05, 0.1) is 23.1 Å². The third-order valence-electron chi connectivity index (χ3n) is 5.47. The molecule has 1 fully saturated rings. The number of sulfone groups is 1. The molecule has 6 nitrogen and oxygen atoms in total. The zero-order chi connectivity index (χ0) is 18.3. The highest BCUT2D eigenvalue weighted by Gasteiger charge is 2.36. The molecule has 138 valence electrons. The summed E-state index contributed by atoms with van der Waals surface area (Å²) in [5, 5.41) is 4.70. The van der Waals surface area contributed by atoms with E-state index < -0.39 is 9.84 Å². The summed E-state index contributed by atoms with van der Waals surface area (Å²) in [5.41, 5.74) is 4.44. The molecule has 1 aromatic heterocycles. The van der Waals surface area contributed by atoms with E-state index in [0.29, 0.717) is 19.5 Å². The minimum absolute atomic E-state index is 0.00605. The molecule has 0 saturated carbocycles. The van der Waals surface area contributed by atoms with Gasteiger partial charge in [-0.2, -0.15) is 5.10 Å². The maximum absolute atomic E-state index is 12.8. The summed E-state index contributed by atoms with van der Waals surface area (Å²) in [6.45, 7) is 1.24. The second-order valence-electron chi connectivity index (χ2n) is 7.19.